The van der Waals surface area contributed by atoms with Crippen LogP contribution in [-0.4, -0.2) is 23.5 Å². The maximum Gasteiger partial charge on any atom is 0.262 e. The summed E-state index contributed by atoms with van der Waals surface area (Å²) in [5.41, 5.74) is 0.380. The van der Waals surface area contributed by atoms with E-state index < -0.39 is 5.72 Å². The molecule has 144 valence electrons. The van der Waals surface area contributed by atoms with Crippen LogP contribution in [0.2, 0.25) is 5.02 Å². The number of nitrogens with one attached hydrogen (secondary N) is 1. The number of carbonyl (C=O) groups excluding carboxylic acids is 2. The molecule has 0 bridgehead atoms. The number of anilines is 2. The van der Waals surface area contributed by atoms with Crippen LogP contribution in [0, 0.1) is 0 Å². The van der Waals surface area contributed by atoms with Gasteiger partial charge in [-0.05, 0) is 42.5 Å². The number of hydrogen-bond donors (Lipinski definition) is 2. The fourth-order valence-electron chi connectivity index (χ4n) is 3.87. The van der Waals surface area contributed by atoms with Gasteiger partial charge in [0.1, 0.15) is 5.75 Å². The monoisotopic (exact) mass is 406 g/mol. The molecule has 2 heterocycles. The first-order valence-corrected chi connectivity index (χ1v) is 9.35. The van der Waals surface area contributed by atoms with E-state index in [9.17, 15) is 14.7 Å². The van der Waals surface area contributed by atoms with Gasteiger partial charge >= 0.3 is 0 Å². The zero-order valence-corrected chi connectivity index (χ0v) is 15.8. The van der Waals surface area contributed by atoms with E-state index in [2.05, 4.69) is 5.32 Å². The normalized spacial score (nSPS) is 20.0. The van der Waals surface area contributed by atoms with Gasteiger partial charge in [0.15, 0.2) is 12.3 Å². The van der Waals surface area contributed by atoms with E-state index in [0.717, 1.165) is 0 Å². The highest BCUT2D eigenvalue weighted by Gasteiger charge is 2.51. The van der Waals surface area contributed by atoms with Crippen molar-refractivity contribution < 1.29 is 19.4 Å². The number of hydrogen-bond acceptors (Lipinski definition) is 4. The summed E-state index contributed by atoms with van der Waals surface area (Å²) < 4.78 is 5.41. The second-order valence-electron chi connectivity index (χ2n) is 6.89. The third-order valence-electron chi connectivity index (χ3n) is 5.14. The average molecular weight is 407 g/mol. The van der Waals surface area contributed by atoms with Crippen LogP contribution in [0.4, 0.5) is 11.4 Å². The minimum Gasteiger partial charge on any atom is -0.482 e. The fraction of sp³-hybridized carbons (Fsp3) is 0.0909. The zero-order valence-electron chi connectivity index (χ0n) is 15.1. The van der Waals surface area contributed by atoms with Crippen LogP contribution < -0.4 is 15.0 Å². The van der Waals surface area contributed by atoms with Crippen molar-refractivity contribution in [1.29, 1.82) is 0 Å². The third-order valence-corrected chi connectivity index (χ3v) is 5.38. The molecule has 29 heavy (non-hydrogen) atoms. The lowest BCUT2D eigenvalue weighted by Crippen LogP contribution is -2.45. The molecule has 2 aliphatic heterocycles. The maximum atomic E-state index is 13.3. The molecule has 5 rings (SSSR count). The number of nitrogens with zero attached hydrogens (tertiary/aromatic N) is 1. The summed E-state index contributed by atoms with van der Waals surface area (Å²) >= 11 is 6.15. The van der Waals surface area contributed by atoms with Crippen molar-refractivity contribution in [1.82, 2.24) is 0 Å². The molecule has 3 aromatic carbocycles. The Bertz CT molecular complexity index is 1180. The molecular weight excluding hydrogens is 392 g/mol. The van der Waals surface area contributed by atoms with E-state index in [-0.39, 0.29) is 18.4 Å². The van der Waals surface area contributed by atoms with Gasteiger partial charge in [0.05, 0.1) is 5.69 Å². The van der Waals surface area contributed by atoms with Crippen molar-refractivity contribution in [2.45, 2.75) is 5.72 Å². The van der Waals surface area contributed by atoms with Crippen molar-refractivity contribution in [2.24, 2.45) is 0 Å². The molecule has 1 atom stereocenters. The Morgan fingerprint density at radius 1 is 1.03 bits per heavy atom. The number of fused-ring (bicyclic) bond motifs is 2. The summed E-state index contributed by atoms with van der Waals surface area (Å²) in [6, 6.07) is 18.6. The van der Waals surface area contributed by atoms with Crippen molar-refractivity contribution in [3.05, 3.63) is 88.4 Å². The molecular formula is C22H15ClN2O4. The summed E-state index contributed by atoms with van der Waals surface area (Å²) in [6.45, 7) is -0.0629. The number of carbonyl (C=O) groups is 2. The van der Waals surface area contributed by atoms with Crippen LogP contribution in [0.5, 0.6) is 5.75 Å². The molecule has 0 radical (unpaired) electrons. The molecule has 2 amide bonds. The van der Waals surface area contributed by atoms with Gasteiger partial charge < -0.3 is 15.2 Å². The van der Waals surface area contributed by atoms with Crippen molar-refractivity contribution in [3.8, 4) is 5.75 Å². The van der Waals surface area contributed by atoms with Crippen LogP contribution in [0.3, 0.4) is 0 Å². The molecule has 2 N–H and O–H groups in total. The molecule has 7 heteroatoms. The quantitative estimate of drug-likeness (QED) is 0.682. The van der Waals surface area contributed by atoms with Crippen LogP contribution in [0.25, 0.3) is 0 Å². The fourth-order valence-corrected chi connectivity index (χ4v) is 4.05. The van der Waals surface area contributed by atoms with Gasteiger partial charge in [-0.1, -0.05) is 35.9 Å². The number of benzene rings is 3. The minimum atomic E-state index is -1.78. The maximum absolute atomic E-state index is 13.3. The predicted molar refractivity (Wildman–Crippen MR) is 108 cm³/mol. The average Bonchev–Trinajstić information content (AvgIpc) is 2.96. The van der Waals surface area contributed by atoms with Gasteiger partial charge in [0.25, 0.3) is 11.8 Å². The first-order valence-electron chi connectivity index (χ1n) is 8.97. The third kappa shape index (κ3) is 2.61. The standard InChI is InChI=1S/C22H15ClN2O4/c23-14-4-3-5-15(11-14)25-21(27)16-6-1-2-7-17(16)22(25,28)13-8-9-19-18(10-13)24-20(26)12-29-19/h1-11,28H,12H2,(H,24,26). The smallest absolute Gasteiger partial charge is 0.262 e. The number of halogens is 1. The van der Waals surface area contributed by atoms with Gasteiger partial charge in [0.2, 0.25) is 0 Å². The highest BCUT2D eigenvalue weighted by atomic mass is 35.5. The number of aliphatic hydroxyl groups is 1. The highest BCUT2D eigenvalue weighted by molar-refractivity contribution is 6.31. The Morgan fingerprint density at radius 2 is 1.86 bits per heavy atom. The van der Waals surface area contributed by atoms with Crippen LogP contribution in [-0.2, 0) is 10.5 Å². The van der Waals surface area contributed by atoms with E-state index in [1.54, 1.807) is 66.7 Å². The molecule has 3 aromatic rings. The number of ether oxygens (including phenoxy) is 1. The first kappa shape index (κ1) is 17.7. The zero-order chi connectivity index (χ0) is 20.2. The Kier molecular flexibility index (Phi) is 3.87. The molecule has 0 aliphatic carbocycles. The molecule has 1 unspecified atom stereocenters. The van der Waals surface area contributed by atoms with Gasteiger partial charge in [-0.15, -0.1) is 0 Å². The second-order valence-corrected chi connectivity index (χ2v) is 7.32. The van der Waals surface area contributed by atoms with E-state index in [4.69, 9.17) is 16.3 Å². The summed E-state index contributed by atoms with van der Waals surface area (Å²) in [7, 11) is 0. The minimum absolute atomic E-state index is 0.0629. The van der Waals surface area contributed by atoms with Gasteiger partial charge in [-0.2, -0.15) is 0 Å². The molecule has 0 spiro atoms. The molecule has 0 fully saturated rings. The van der Waals surface area contributed by atoms with E-state index in [0.29, 0.717) is 38.8 Å². The first-order chi connectivity index (χ1) is 14.0. The Balaban J connectivity index is 1.74. The largest absolute Gasteiger partial charge is 0.482 e. The number of amides is 2. The molecule has 2 aliphatic rings. The topological polar surface area (TPSA) is 78.9 Å². The van der Waals surface area contributed by atoms with Crippen LogP contribution in [0.15, 0.2) is 66.7 Å². The summed E-state index contributed by atoms with van der Waals surface area (Å²) in [4.78, 5) is 26.3. The van der Waals surface area contributed by atoms with Crippen molar-refractivity contribution in [2.75, 3.05) is 16.8 Å². The predicted octanol–water partition coefficient (Wildman–Crippen LogP) is 3.52. The Labute approximate surface area is 171 Å². The Morgan fingerprint density at radius 3 is 2.69 bits per heavy atom. The highest BCUT2D eigenvalue weighted by Crippen LogP contribution is 2.46. The molecule has 6 nitrogen and oxygen atoms in total. The molecule has 0 saturated carbocycles. The summed E-state index contributed by atoms with van der Waals surface area (Å²) in [6.07, 6.45) is 0. The summed E-state index contributed by atoms with van der Waals surface area (Å²) in [5, 5.41) is 15.1. The van der Waals surface area contributed by atoms with Crippen molar-refractivity contribution in [3.63, 3.8) is 0 Å². The number of rotatable bonds is 2. The van der Waals surface area contributed by atoms with Gasteiger partial charge in [0, 0.05) is 27.4 Å². The van der Waals surface area contributed by atoms with Crippen LogP contribution >= 0.6 is 11.6 Å². The molecule has 0 aromatic heterocycles. The second kappa shape index (κ2) is 6.34. The lowest BCUT2D eigenvalue weighted by atomic mass is 9.93. The van der Waals surface area contributed by atoms with Gasteiger partial charge in [-0.25, -0.2) is 0 Å². The summed E-state index contributed by atoms with van der Waals surface area (Å²) in [5.74, 6) is -0.122. The Hall–Kier alpha value is -3.35. The van der Waals surface area contributed by atoms with Gasteiger partial charge in [-0.3, -0.25) is 14.5 Å². The van der Waals surface area contributed by atoms with Crippen molar-refractivity contribution >= 4 is 34.8 Å². The molecule has 0 saturated heterocycles. The lowest BCUT2D eigenvalue weighted by molar-refractivity contribution is -0.118. The van der Waals surface area contributed by atoms with Crippen LogP contribution in [0.1, 0.15) is 21.5 Å². The van der Waals surface area contributed by atoms with E-state index in [1.807, 2.05) is 0 Å². The SMILES string of the molecule is O=C1COc2ccc(C3(O)c4ccccc4C(=O)N3c3cccc(Cl)c3)cc2N1. The van der Waals surface area contributed by atoms with E-state index >= 15 is 0 Å². The lowest BCUT2D eigenvalue weighted by Gasteiger charge is -2.35. The van der Waals surface area contributed by atoms with E-state index in [1.165, 1.54) is 4.90 Å².